The predicted octanol–water partition coefficient (Wildman–Crippen LogP) is 3.07. The third kappa shape index (κ3) is 5.02. The van der Waals surface area contributed by atoms with E-state index >= 15 is 0 Å². The zero-order chi connectivity index (χ0) is 15.9. The molecule has 1 heterocycles. The molecule has 0 bridgehead atoms. The second kappa shape index (κ2) is 8.17. The summed E-state index contributed by atoms with van der Waals surface area (Å²) in [6.45, 7) is 0.679. The fourth-order valence-electron chi connectivity index (χ4n) is 2.68. The van der Waals surface area contributed by atoms with Crippen molar-refractivity contribution in [1.29, 1.82) is 0 Å². The zero-order valence-corrected chi connectivity index (χ0v) is 13.9. The fraction of sp³-hybridized carbons (Fsp3) is 0.500. The molecule has 0 aromatic heterocycles. The molecular formula is C16H20BrNO4. The molecular weight excluding hydrogens is 350 g/mol. The van der Waals surface area contributed by atoms with Gasteiger partial charge in [-0.15, -0.1) is 0 Å². The van der Waals surface area contributed by atoms with Crippen LogP contribution in [0.5, 0.6) is 5.75 Å². The Labute approximate surface area is 138 Å². The predicted molar refractivity (Wildman–Crippen MR) is 85.9 cm³/mol. The Morgan fingerprint density at radius 3 is 2.68 bits per heavy atom. The summed E-state index contributed by atoms with van der Waals surface area (Å²) in [5.41, 5.74) is 0. The molecule has 1 N–H and O–H groups in total. The van der Waals surface area contributed by atoms with Crippen molar-refractivity contribution >= 4 is 27.8 Å². The van der Waals surface area contributed by atoms with Crippen LogP contribution < -0.4 is 4.74 Å². The van der Waals surface area contributed by atoms with Crippen molar-refractivity contribution in [3.05, 3.63) is 28.7 Å². The molecule has 1 fully saturated rings. The van der Waals surface area contributed by atoms with Crippen LogP contribution in [0, 0.1) is 0 Å². The highest BCUT2D eigenvalue weighted by Gasteiger charge is 2.27. The Kier molecular flexibility index (Phi) is 6.24. The maximum absolute atomic E-state index is 12.3. The molecule has 5 nitrogen and oxygen atoms in total. The largest absolute Gasteiger partial charge is 0.484 e. The van der Waals surface area contributed by atoms with Crippen molar-refractivity contribution in [3.63, 3.8) is 0 Å². The van der Waals surface area contributed by atoms with Crippen molar-refractivity contribution in [2.24, 2.45) is 0 Å². The molecule has 0 saturated carbocycles. The Bertz CT molecular complexity index is 517. The van der Waals surface area contributed by atoms with Crippen LogP contribution >= 0.6 is 15.9 Å². The highest BCUT2D eigenvalue weighted by molar-refractivity contribution is 9.10. The molecule has 0 radical (unpaired) electrons. The maximum atomic E-state index is 12.3. The number of hydrogen-bond donors (Lipinski definition) is 1. The molecule has 2 rings (SSSR count). The zero-order valence-electron chi connectivity index (χ0n) is 12.3. The number of hydrogen-bond acceptors (Lipinski definition) is 3. The third-order valence-corrected chi connectivity index (χ3v) is 4.34. The Morgan fingerprint density at radius 2 is 2.00 bits per heavy atom. The van der Waals surface area contributed by atoms with Crippen molar-refractivity contribution in [1.82, 2.24) is 4.90 Å². The van der Waals surface area contributed by atoms with Crippen molar-refractivity contribution < 1.29 is 19.4 Å². The first-order valence-corrected chi connectivity index (χ1v) is 8.25. The fourth-order valence-corrected chi connectivity index (χ4v) is 2.94. The smallest absolute Gasteiger partial charge is 0.303 e. The van der Waals surface area contributed by atoms with Gasteiger partial charge in [0.25, 0.3) is 5.91 Å². The van der Waals surface area contributed by atoms with E-state index in [4.69, 9.17) is 9.84 Å². The lowest BCUT2D eigenvalue weighted by atomic mass is 9.98. The normalized spacial score (nSPS) is 18.0. The van der Waals surface area contributed by atoms with E-state index in [0.29, 0.717) is 18.7 Å². The molecule has 0 spiro atoms. The summed E-state index contributed by atoms with van der Waals surface area (Å²) >= 11 is 3.35. The van der Waals surface area contributed by atoms with Crippen LogP contribution in [0.3, 0.4) is 0 Å². The van der Waals surface area contributed by atoms with Crippen molar-refractivity contribution in [2.75, 3.05) is 13.2 Å². The van der Waals surface area contributed by atoms with Gasteiger partial charge in [-0.05, 0) is 49.9 Å². The number of carbonyl (C=O) groups is 2. The van der Waals surface area contributed by atoms with Gasteiger partial charge in [-0.3, -0.25) is 9.59 Å². The van der Waals surface area contributed by atoms with Gasteiger partial charge in [-0.25, -0.2) is 0 Å². The standard InChI is InChI=1S/C16H20BrNO4/c17-12-4-7-14(8-5-12)22-11-15(19)18-10-2-1-3-13(18)6-9-16(20)21/h4-5,7-8,13H,1-3,6,9-11H2,(H,20,21). The minimum Gasteiger partial charge on any atom is -0.484 e. The minimum atomic E-state index is -0.816. The van der Waals surface area contributed by atoms with Crippen LogP contribution in [-0.2, 0) is 9.59 Å². The van der Waals surface area contributed by atoms with Crippen molar-refractivity contribution in [3.8, 4) is 5.75 Å². The van der Waals surface area contributed by atoms with Crippen LogP contribution in [0.25, 0.3) is 0 Å². The van der Waals surface area contributed by atoms with Crippen LogP contribution in [0.4, 0.5) is 0 Å². The number of likely N-dealkylation sites (tertiary alicyclic amines) is 1. The quantitative estimate of drug-likeness (QED) is 0.836. The first-order chi connectivity index (χ1) is 10.6. The van der Waals surface area contributed by atoms with Crippen molar-refractivity contribution in [2.45, 2.75) is 38.1 Å². The number of nitrogens with zero attached hydrogens (tertiary/aromatic N) is 1. The number of carboxylic acid groups (broad SMARTS) is 1. The SMILES string of the molecule is O=C(O)CCC1CCCCN1C(=O)COc1ccc(Br)cc1. The van der Waals surface area contributed by atoms with Gasteiger partial charge in [-0.1, -0.05) is 15.9 Å². The van der Waals surface area contributed by atoms with E-state index in [2.05, 4.69) is 15.9 Å². The average molecular weight is 370 g/mol. The number of benzene rings is 1. The van der Waals surface area contributed by atoms with E-state index in [0.717, 1.165) is 23.7 Å². The molecule has 1 aliphatic rings. The second-order valence-electron chi connectivity index (χ2n) is 5.41. The van der Waals surface area contributed by atoms with Gasteiger partial charge in [0.15, 0.2) is 6.61 Å². The molecule has 1 aliphatic heterocycles. The van der Waals surface area contributed by atoms with Gasteiger partial charge in [0.1, 0.15) is 5.75 Å². The third-order valence-electron chi connectivity index (χ3n) is 3.81. The molecule has 1 unspecified atom stereocenters. The minimum absolute atomic E-state index is 0.00873. The number of ether oxygens (including phenoxy) is 1. The van der Waals surface area contributed by atoms with E-state index in [1.165, 1.54) is 0 Å². The first-order valence-electron chi connectivity index (χ1n) is 7.46. The van der Waals surface area contributed by atoms with Crippen LogP contribution in [0.15, 0.2) is 28.7 Å². The highest BCUT2D eigenvalue weighted by Crippen LogP contribution is 2.22. The van der Waals surface area contributed by atoms with Gasteiger partial charge >= 0.3 is 5.97 Å². The summed E-state index contributed by atoms with van der Waals surface area (Å²) in [4.78, 5) is 24.8. The lowest BCUT2D eigenvalue weighted by molar-refractivity contribution is -0.141. The second-order valence-corrected chi connectivity index (χ2v) is 6.33. The molecule has 1 aromatic rings. The molecule has 22 heavy (non-hydrogen) atoms. The number of rotatable bonds is 6. The van der Waals surface area contributed by atoms with Crippen LogP contribution in [0.2, 0.25) is 0 Å². The molecule has 6 heteroatoms. The topological polar surface area (TPSA) is 66.8 Å². The highest BCUT2D eigenvalue weighted by atomic mass is 79.9. The lowest BCUT2D eigenvalue weighted by Crippen LogP contribution is -2.46. The summed E-state index contributed by atoms with van der Waals surface area (Å²) in [5.74, 6) is -0.238. The van der Waals surface area contributed by atoms with E-state index in [1.54, 1.807) is 17.0 Å². The summed E-state index contributed by atoms with van der Waals surface area (Å²) in [6, 6.07) is 7.34. The van der Waals surface area contributed by atoms with E-state index in [1.807, 2.05) is 12.1 Å². The molecule has 1 saturated heterocycles. The van der Waals surface area contributed by atoms with E-state index in [-0.39, 0.29) is 25.0 Å². The number of aliphatic carboxylic acids is 1. The molecule has 1 aromatic carbocycles. The molecule has 120 valence electrons. The summed E-state index contributed by atoms with van der Waals surface area (Å²) < 4.78 is 6.48. The van der Waals surface area contributed by atoms with Crippen LogP contribution in [0.1, 0.15) is 32.1 Å². The monoisotopic (exact) mass is 369 g/mol. The summed E-state index contributed by atoms with van der Waals surface area (Å²) in [7, 11) is 0. The summed E-state index contributed by atoms with van der Waals surface area (Å²) in [6.07, 6.45) is 3.49. The number of carbonyl (C=O) groups excluding carboxylic acids is 1. The summed E-state index contributed by atoms with van der Waals surface area (Å²) in [5, 5.41) is 8.81. The Balaban J connectivity index is 1.88. The first kappa shape index (κ1) is 16.8. The van der Waals surface area contributed by atoms with Gasteiger partial charge in [0.2, 0.25) is 0 Å². The number of carboxylic acids is 1. The number of piperidine rings is 1. The van der Waals surface area contributed by atoms with Gasteiger partial charge in [0, 0.05) is 23.5 Å². The molecule has 1 atom stereocenters. The molecule has 0 aliphatic carbocycles. The number of amides is 1. The van der Waals surface area contributed by atoms with E-state index < -0.39 is 5.97 Å². The lowest BCUT2D eigenvalue weighted by Gasteiger charge is -2.35. The van der Waals surface area contributed by atoms with Gasteiger partial charge in [0.05, 0.1) is 0 Å². The van der Waals surface area contributed by atoms with Crippen LogP contribution in [-0.4, -0.2) is 41.1 Å². The van der Waals surface area contributed by atoms with Gasteiger partial charge in [-0.2, -0.15) is 0 Å². The Morgan fingerprint density at radius 1 is 1.27 bits per heavy atom. The van der Waals surface area contributed by atoms with E-state index in [9.17, 15) is 9.59 Å². The maximum Gasteiger partial charge on any atom is 0.303 e. The Hall–Kier alpha value is -1.56. The number of halogens is 1. The van der Waals surface area contributed by atoms with Gasteiger partial charge < -0.3 is 14.7 Å². The average Bonchev–Trinajstić information content (AvgIpc) is 2.52. The molecule has 1 amide bonds.